The van der Waals surface area contributed by atoms with Gasteiger partial charge in [-0.3, -0.25) is 0 Å². The highest BCUT2D eigenvalue weighted by molar-refractivity contribution is 5.51. The molecule has 1 nitrogen and oxygen atoms in total. The molecule has 0 radical (unpaired) electrons. The molecule has 0 spiro atoms. The van der Waals surface area contributed by atoms with Crippen molar-refractivity contribution >= 4 is 0 Å². The van der Waals surface area contributed by atoms with E-state index in [1.165, 1.54) is 56.9 Å². The van der Waals surface area contributed by atoms with Crippen LogP contribution < -0.4 is 4.74 Å². The Labute approximate surface area is 97.8 Å². The van der Waals surface area contributed by atoms with E-state index in [2.05, 4.69) is 6.07 Å². The van der Waals surface area contributed by atoms with E-state index in [-0.39, 0.29) is 0 Å². The summed E-state index contributed by atoms with van der Waals surface area (Å²) in [5.41, 5.74) is 6.43. The summed E-state index contributed by atoms with van der Waals surface area (Å²) in [6.07, 6.45) is 10.5. The molecule has 86 valence electrons. The van der Waals surface area contributed by atoms with Crippen molar-refractivity contribution in [3.8, 4) is 5.75 Å². The maximum absolute atomic E-state index is 5.58. The predicted octanol–water partition coefficient (Wildman–Crippen LogP) is 3.45. The average molecular weight is 216 g/mol. The van der Waals surface area contributed by atoms with Gasteiger partial charge in [-0.05, 0) is 79.7 Å². The third kappa shape index (κ3) is 1.53. The Hall–Kier alpha value is -0.980. The van der Waals surface area contributed by atoms with Gasteiger partial charge in [0.15, 0.2) is 0 Å². The van der Waals surface area contributed by atoms with Crippen LogP contribution in [0, 0.1) is 0 Å². The lowest BCUT2D eigenvalue weighted by Crippen LogP contribution is -2.13. The lowest BCUT2D eigenvalue weighted by Gasteiger charge is -2.27. The molecule has 16 heavy (non-hydrogen) atoms. The number of fused-ring (bicyclic) bond motifs is 3. The smallest absolute Gasteiger partial charge is 0.122 e. The average Bonchev–Trinajstić information content (AvgIpc) is 2.38. The lowest BCUT2D eigenvalue weighted by atomic mass is 9.80. The van der Waals surface area contributed by atoms with Crippen LogP contribution in [0.2, 0.25) is 0 Å². The Bertz CT molecular complexity index is 384. The van der Waals surface area contributed by atoms with Crippen LogP contribution in [0.3, 0.4) is 0 Å². The minimum atomic E-state index is 1.16. The molecule has 1 heteroatoms. The van der Waals surface area contributed by atoms with Crippen molar-refractivity contribution in [1.29, 1.82) is 0 Å². The van der Waals surface area contributed by atoms with Crippen LogP contribution in [0.5, 0.6) is 5.75 Å². The first-order chi connectivity index (χ1) is 7.90. The van der Waals surface area contributed by atoms with Crippen LogP contribution in [0.4, 0.5) is 0 Å². The van der Waals surface area contributed by atoms with E-state index < -0.39 is 0 Å². The van der Waals surface area contributed by atoms with Crippen molar-refractivity contribution in [2.24, 2.45) is 0 Å². The zero-order chi connectivity index (χ0) is 11.0. The van der Waals surface area contributed by atoms with Gasteiger partial charge >= 0.3 is 0 Å². The highest BCUT2D eigenvalue weighted by atomic mass is 16.5. The van der Waals surface area contributed by atoms with Gasteiger partial charge in [0.1, 0.15) is 5.75 Å². The summed E-state index contributed by atoms with van der Waals surface area (Å²) in [6, 6.07) is 2.32. The van der Waals surface area contributed by atoms with Gasteiger partial charge in [-0.1, -0.05) is 0 Å². The normalized spacial score (nSPS) is 18.8. The number of ether oxygens (including phenoxy) is 1. The van der Waals surface area contributed by atoms with Gasteiger partial charge < -0.3 is 4.74 Å². The molecule has 0 unspecified atom stereocenters. The molecular formula is C15H20O. The first-order valence-corrected chi connectivity index (χ1v) is 6.60. The molecule has 0 N–H and O–H groups in total. The van der Waals surface area contributed by atoms with Crippen LogP contribution in [0.15, 0.2) is 6.07 Å². The highest BCUT2D eigenvalue weighted by Gasteiger charge is 2.22. The van der Waals surface area contributed by atoms with Crippen molar-refractivity contribution in [2.75, 3.05) is 7.11 Å². The van der Waals surface area contributed by atoms with E-state index in [4.69, 9.17) is 4.74 Å². The number of benzene rings is 1. The first-order valence-electron chi connectivity index (χ1n) is 6.60. The van der Waals surface area contributed by atoms with Crippen LogP contribution in [0.25, 0.3) is 0 Å². The van der Waals surface area contributed by atoms with Gasteiger partial charge in [-0.25, -0.2) is 0 Å². The molecule has 1 aromatic carbocycles. The molecule has 2 aliphatic carbocycles. The first kappa shape index (κ1) is 10.2. The molecule has 0 fully saturated rings. The molecule has 0 bridgehead atoms. The third-order valence-corrected chi connectivity index (χ3v) is 4.17. The fraction of sp³-hybridized carbons (Fsp3) is 0.600. The van der Waals surface area contributed by atoms with Gasteiger partial charge in [0.2, 0.25) is 0 Å². The molecule has 0 saturated heterocycles. The van der Waals surface area contributed by atoms with Crippen molar-refractivity contribution < 1.29 is 4.74 Å². The molecule has 0 atom stereocenters. The van der Waals surface area contributed by atoms with Crippen LogP contribution in [-0.2, 0) is 25.7 Å². The molecule has 1 aromatic rings. The predicted molar refractivity (Wildman–Crippen MR) is 66.3 cm³/mol. The summed E-state index contributed by atoms with van der Waals surface area (Å²) in [4.78, 5) is 0. The van der Waals surface area contributed by atoms with E-state index in [0.29, 0.717) is 0 Å². The fourth-order valence-corrected chi connectivity index (χ4v) is 3.37. The second-order valence-electron chi connectivity index (χ2n) is 5.09. The number of aryl methyl sites for hydroxylation is 1. The van der Waals surface area contributed by atoms with E-state index in [0.717, 1.165) is 5.75 Å². The molecule has 2 aliphatic rings. The van der Waals surface area contributed by atoms with E-state index in [9.17, 15) is 0 Å². The van der Waals surface area contributed by atoms with Gasteiger partial charge in [0.25, 0.3) is 0 Å². The summed E-state index contributed by atoms with van der Waals surface area (Å²) < 4.78 is 5.58. The molecule has 0 aliphatic heterocycles. The van der Waals surface area contributed by atoms with Gasteiger partial charge in [-0.15, -0.1) is 0 Å². The Balaban J connectivity index is 2.17. The second kappa shape index (κ2) is 4.12. The van der Waals surface area contributed by atoms with Crippen molar-refractivity contribution in [2.45, 2.75) is 51.4 Å². The maximum atomic E-state index is 5.58. The minimum absolute atomic E-state index is 1.16. The van der Waals surface area contributed by atoms with Gasteiger partial charge in [0.05, 0.1) is 7.11 Å². The largest absolute Gasteiger partial charge is 0.496 e. The van der Waals surface area contributed by atoms with Crippen LogP contribution >= 0.6 is 0 Å². The highest BCUT2D eigenvalue weighted by Crippen LogP contribution is 2.37. The van der Waals surface area contributed by atoms with Crippen LogP contribution in [-0.4, -0.2) is 7.11 Å². The van der Waals surface area contributed by atoms with Gasteiger partial charge in [-0.2, -0.15) is 0 Å². The van der Waals surface area contributed by atoms with E-state index >= 15 is 0 Å². The number of methoxy groups -OCH3 is 1. The van der Waals surface area contributed by atoms with E-state index in [1.54, 1.807) is 16.7 Å². The molecular weight excluding hydrogens is 196 g/mol. The number of rotatable bonds is 1. The maximum Gasteiger partial charge on any atom is 0.122 e. The van der Waals surface area contributed by atoms with Gasteiger partial charge in [0, 0.05) is 0 Å². The second-order valence-corrected chi connectivity index (χ2v) is 5.09. The summed E-state index contributed by atoms with van der Waals surface area (Å²) >= 11 is 0. The quantitative estimate of drug-likeness (QED) is 0.698. The lowest BCUT2D eigenvalue weighted by molar-refractivity contribution is 0.404. The summed E-state index contributed by atoms with van der Waals surface area (Å²) in [7, 11) is 1.82. The monoisotopic (exact) mass is 216 g/mol. The Morgan fingerprint density at radius 1 is 0.812 bits per heavy atom. The number of hydrogen-bond acceptors (Lipinski definition) is 1. The van der Waals surface area contributed by atoms with Crippen molar-refractivity contribution in [3.63, 3.8) is 0 Å². The minimum Gasteiger partial charge on any atom is -0.496 e. The standard InChI is InChI=1S/C15H20O/c1-16-15-10-11-6-2-3-7-12(11)13-8-4-5-9-14(13)15/h10H,2-9H2,1H3. The Kier molecular flexibility index (Phi) is 2.62. The molecule has 0 heterocycles. The topological polar surface area (TPSA) is 9.23 Å². The SMILES string of the molecule is COc1cc2c(c3c1CCCC3)CCCC2. The Morgan fingerprint density at radius 3 is 2.19 bits per heavy atom. The van der Waals surface area contributed by atoms with Crippen LogP contribution in [0.1, 0.15) is 47.9 Å². The summed E-state index contributed by atoms with van der Waals surface area (Å²) in [5, 5.41) is 0. The number of hydrogen-bond donors (Lipinski definition) is 0. The molecule has 0 aromatic heterocycles. The zero-order valence-corrected chi connectivity index (χ0v) is 10.1. The fourth-order valence-electron chi connectivity index (χ4n) is 3.37. The molecule has 0 saturated carbocycles. The van der Waals surface area contributed by atoms with E-state index in [1.807, 2.05) is 7.11 Å². The molecule has 3 rings (SSSR count). The zero-order valence-electron chi connectivity index (χ0n) is 10.1. The Morgan fingerprint density at radius 2 is 1.44 bits per heavy atom. The van der Waals surface area contributed by atoms with Crippen molar-refractivity contribution in [1.82, 2.24) is 0 Å². The molecule has 0 amide bonds. The summed E-state index contributed by atoms with van der Waals surface area (Å²) in [5.74, 6) is 1.16. The van der Waals surface area contributed by atoms with Crippen molar-refractivity contribution in [3.05, 3.63) is 28.3 Å². The third-order valence-electron chi connectivity index (χ3n) is 4.17. The summed E-state index contributed by atoms with van der Waals surface area (Å²) in [6.45, 7) is 0.